The van der Waals surface area contributed by atoms with Gasteiger partial charge in [0.1, 0.15) is 0 Å². The van der Waals surface area contributed by atoms with Crippen molar-refractivity contribution in [2.24, 2.45) is 0 Å². The quantitative estimate of drug-likeness (QED) is 0.179. The van der Waals surface area contributed by atoms with Crippen LogP contribution in [0, 0.1) is 0 Å². The summed E-state index contributed by atoms with van der Waals surface area (Å²) in [5.41, 5.74) is 15.0. The maximum absolute atomic E-state index is 5.11. The Bertz CT molecular complexity index is 2460. The smallest absolute Gasteiger partial charge is 0.164 e. The van der Waals surface area contributed by atoms with E-state index in [0.717, 1.165) is 38.9 Å². The summed E-state index contributed by atoms with van der Waals surface area (Å²) in [7, 11) is 0. The molecule has 242 valence electrons. The molecule has 3 heteroatoms. The van der Waals surface area contributed by atoms with Crippen molar-refractivity contribution < 1.29 is 0 Å². The molecule has 9 rings (SSSR count). The van der Waals surface area contributed by atoms with E-state index in [9.17, 15) is 0 Å². The van der Waals surface area contributed by atoms with Crippen LogP contribution in [0.3, 0.4) is 0 Å². The Balaban J connectivity index is 1.24. The van der Waals surface area contributed by atoms with Crippen LogP contribution in [0.25, 0.3) is 78.7 Å². The standard InChI is InChI=1S/C48H35N3/c1-48(2)43-21-13-12-20-41(43)42-31-37(26-27-44(42)48)39-28-38(34-24-22-33(23-25-34)32-14-6-3-7-15-32)29-40(30-39)47-50-45(35-16-8-4-9-17-35)49-46(51-47)36-18-10-5-11-19-36/h3-31H,1-2H3. The molecule has 3 nitrogen and oxygen atoms in total. The molecule has 0 amide bonds. The van der Waals surface area contributed by atoms with Crippen LogP contribution in [0.1, 0.15) is 25.0 Å². The lowest BCUT2D eigenvalue weighted by Crippen LogP contribution is -2.14. The highest BCUT2D eigenvalue weighted by Crippen LogP contribution is 2.49. The number of benzene rings is 7. The first-order valence-corrected chi connectivity index (χ1v) is 17.4. The second kappa shape index (κ2) is 12.5. The van der Waals surface area contributed by atoms with E-state index >= 15 is 0 Å². The summed E-state index contributed by atoms with van der Waals surface area (Å²) in [5.74, 6) is 1.93. The van der Waals surface area contributed by atoms with Gasteiger partial charge in [-0.2, -0.15) is 0 Å². The molecule has 1 heterocycles. The average Bonchev–Trinajstić information content (AvgIpc) is 3.44. The summed E-state index contributed by atoms with van der Waals surface area (Å²) in [6.45, 7) is 4.65. The molecule has 0 saturated carbocycles. The fourth-order valence-corrected chi connectivity index (χ4v) is 7.41. The molecule has 7 aromatic carbocycles. The van der Waals surface area contributed by atoms with Gasteiger partial charge in [0.25, 0.3) is 0 Å². The summed E-state index contributed by atoms with van der Waals surface area (Å²) in [6.07, 6.45) is 0. The van der Waals surface area contributed by atoms with Crippen LogP contribution in [0.15, 0.2) is 176 Å². The molecule has 0 atom stereocenters. The molecule has 0 fully saturated rings. The first-order valence-electron chi connectivity index (χ1n) is 17.4. The Labute approximate surface area is 299 Å². The van der Waals surface area contributed by atoms with E-state index in [1.807, 2.05) is 60.7 Å². The molecule has 0 N–H and O–H groups in total. The van der Waals surface area contributed by atoms with E-state index in [1.165, 1.54) is 33.4 Å². The maximum atomic E-state index is 5.11. The summed E-state index contributed by atoms with van der Waals surface area (Å²) in [6, 6.07) is 62.1. The van der Waals surface area contributed by atoms with Crippen molar-refractivity contribution in [3.8, 4) is 78.7 Å². The van der Waals surface area contributed by atoms with Crippen molar-refractivity contribution in [2.45, 2.75) is 19.3 Å². The largest absolute Gasteiger partial charge is 0.208 e. The molecule has 0 saturated heterocycles. The van der Waals surface area contributed by atoms with Crippen molar-refractivity contribution in [3.05, 3.63) is 187 Å². The molecule has 51 heavy (non-hydrogen) atoms. The van der Waals surface area contributed by atoms with E-state index in [0.29, 0.717) is 17.5 Å². The second-order valence-electron chi connectivity index (χ2n) is 13.7. The van der Waals surface area contributed by atoms with Crippen LogP contribution in [-0.2, 0) is 5.41 Å². The van der Waals surface area contributed by atoms with Crippen LogP contribution in [0.5, 0.6) is 0 Å². The topological polar surface area (TPSA) is 38.7 Å². The van der Waals surface area contributed by atoms with Gasteiger partial charge in [-0.1, -0.05) is 166 Å². The van der Waals surface area contributed by atoms with Gasteiger partial charge in [0.05, 0.1) is 0 Å². The molecule has 0 aliphatic heterocycles. The first-order chi connectivity index (χ1) is 25.0. The third-order valence-electron chi connectivity index (χ3n) is 10.1. The van der Waals surface area contributed by atoms with Gasteiger partial charge >= 0.3 is 0 Å². The molecular weight excluding hydrogens is 619 g/mol. The maximum Gasteiger partial charge on any atom is 0.164 e. The molecule has 8 aromatic rings. The lowest BCUT2D eigenvalue weighted by atomic mass is 9.82. The molecule has 1 aromatic heterocycles. The fraction of sp³-hybridized carbons (Fsp3) is 0.0625. The highest BCUT2D eigenvalue weighted by atomic mass is 15.0. The van der Waals surface area contributed by atoms with Crippen LogP contribution in [-0.4, -0.2) is 15.0 Å². The van der Waals surface area contributed by atoms with Crippen molar-refractivity contribution in [1.29, 1.82) is 0 Å². The Kier molecular flexibility index (Phi) is 7.48. The van der Waals surface area contributed by atoms with Crippen LogP contribution in [0.4, 0.5) is 0 Å². The minimum Gasteiger partial charge on any atom is -0.208 e. The summed E-state index contributed by atoms with van der Waals surface area (Å²) < 4.78 is 0. The zero-order valence-electron chi connectivity index (χ0n) is 28.6. The number of nitrogens with zero attached hydrogens (tertiary/aromatic N) is 3. The highest BCUT2D eigenvalue weighted by molar-refractivity contribution is 5.87. The molecule has 1 aliphatic rings. The van der Waals surface area contributed by atoms with Gasteiger partial charge in [-0.3, -0.25) is 0 Å². The molecule has 0 spiro atoms. The third kappa shape index (κ3) is 5.63. The highest BCUT2D eigenvalue weighted by Gasteiger charge is 2.35. The SMILES string of the molecule is CC1(C)c2ccccc2-c2cc(-c3cc(-c4ccc(-c5ccccc5)cc4)cc(-c4nc(-c5ccccc5)nc(-c5ccccc5)n4)c3)ccc21. The van der Waals surface area contributed by atoms with Gasteiger partial charge in [-0.25, -0.2) is 15.0 Å². The third-order valence-corrected chi connectivity index (χ3v) is 10.1. The van der Waals surface area contributed by atoms with Gasteiger partial charge in [0.15, 0.2) is 17.5 Å². The number of aromatic nitrogens is 3. The normalized spacial score (nSPS) is 12.7. The van der Waals surface area contributed by atoms with E-state index in [1.54, 1.807) is 0 Å². The average molecular weight is 654 g/mol. The fourth-order valence-electron chi connectivity index (χ4n) is 7.41. The van der Waals surface area contributed by atoms with E-state index < -0.39 is 0 Å². The molecule has 0 unspecified atom stereocenters. The minimum absolute atomic E-state index is 0.0511. The van der Waals surface area contributed by atoms with Crippen molar-refractivity contribution in [1.82, 2.24) is 15.0 Å². The van der Waals surface area contributed by atoms with Gasteiger partial charge in [0.2, 0.25) is 0 Å². The summed E-state index contributed by atoms with van der Waals surface area (Å²) in [5, 5.41) is 0. The number of fused-ring (bicyclic) bond motifs is 3. The number of rotatable bonds is 6. The Hall–Kier alpha value is -6.45. The predicted octanol–water partition coefficient (Wildman–Crippen LogP) is 12.2. The number of hydrogen-bond acceptors (Lipinski definition) is 3. The Morgan fingerprint density at radius 3 is 1.27 bits per heavy atom. The van der Waals surface area contributed by atoms with Gasteiger partial charge < -0.3 is 0 Å². The molecular formula is C48H35N3. The van der Waals surface area contributed by atoms with E-state index in [4.69, 9.17) is 15.0 Å². The van der Waals surface area contributed by atoms with Crippen LogP contribution < -0.4 is 0 Å². The predicted molar refractivity (Wildman–Crippen MR) is 210 cm³/mol. The minimum atomic E-state index is -0.0511. The molecule has 1 aliphatic carbocycles. The van der Waals surface area contributed by atoms with Crippen molar-refractivity contribution >= 4 is 0 Å². The summed E-state index contributed by atoms with van der Waals surface area (Å²) >= 11 is 0. The zero-order valence-corrected chi connectivity index (χ0v) is 28.6. The van der Waals surface area contributed by atoms with E-state index in [2.05, 4.69) is 129 Å². The van der Waals surface area contributed by atoms with E-state index in [-0.39, 0.29) is 5.41 Å². The molecule has 0 radical (unpaired) electrons. The van der Waals surface area contributed by atoms with Gasteiger partial charge in [0, 0.05) is 22.1 Å². The molecule has 0 bridgehead atoms. The Morgan fingerprint density at radius 1 is 0.294 bits per heavy atom. The summed E-state index contributed by atoms with van der Waals surface area (Å²) in [4.78, 5) is 15.2. The second-order valence-corrected chi connectivity index (χ2v) is 13.7. The lowest BCUT2D eigenvalue weighted by molar-refractivity contribution is 0.660. The Morgan fingerprint density at radius 2 is 0.686 bits per heavy atom. The van der Waals surface area contributed by atoms with Gasteiger partial charge in [-0.15, -0.1) is 0 Å². The zero-order chi connectivity index (χ0) is 34.4. The van der Waals surface area contributed by atoms with Crippen molar-refractivity contribution in [2.75, 3.05) is 0 Å². The monoisotopic (exact) mass is 653 g/mol. The van der Waals surface area contributed by atoms with Crippen LogP contribution >= 0.6 is 0 Å². The first kappa shape index (κ1) is 30.6. The van der Waals surface area contributed by atoms with Gasteiger partial charge in [-0.05, 0) is 79.9 Å². The van der Waals surface area contributed by atoms with Crippen molar-refractivity contribution in [3.63, 3.8) is 0 Å². The van der Waals surface area contributed by atoms with Crippen LogP contribution in [0.2, 0.25) is 0 Å². The lowest BCUT2D eigenvalue weighted by Gasteiger charge is -2.21. The number of hydrogen-bond donors (Lipinski definition) is 0.